The molecule has 5 nitrogen and oxygen atoms in total. The zero-order valence-corrected chi connectivity index (χ0v) is 16.1. The number of ether oxygens (including phenoxy) is 1. The van der Waals surface area contributed by atoms with Crippen molar-refractivity contribution in [2.24, 2.45) is 5.92 Å². The van der Waals surface area contributed by atoms with Crippen molar-refractivity contribution in [3.8, 4) is 5.75 Å². The molecule has 26 heavy (non-hydrogen) atoms. The maximum atomic E-state index is 12.9. The van der Waals surface area contributed by atoms with Crippen molar-refractivity contribution in [2.45, 2.75) is 59.1 Å². The summed E-state index contributed by atoms with van der Waals surface area (Å²) in [5.74, 6) is 2.28. The highest BCUT2D eigenvalue weighted by molar-refractivity contribution is 5.94. The lowest BCUT2D eigenvalue weighted by Crippen LogP contribution is -2.39. The molecule has 0 N–H and O–H groups in total. The number of nitrogens with zero attached hydrogens (tertiary/aromatic N) is 2. The number of carbonyl (C=O) groups excluding carboxylic acids is 1. The van der Waals surface area contributed by atoms with Gasteiger partial charge in [-0.2, -0.15) is 0 Å². The molecule has 1 saturated carbocycles. The van der Waals surface area contributed by atoms with Gasteiger partial charge in [0.1, 0.15) is 18.1 Å². The van der Waals surface area contributed by atoms with Crippen LogP contribution in [0.5, 0.6) is 5.75 Å². The molecule has 1 aliphatic carbocycles. The van der Waals surface area contributed by atoms with E-state index < -0.39 is 0 Å². The zero-order valence-electron chi connectivity index (χ0n) is 16.1. The van der Waals surface area contributed by atoms with Crippen molar-refractivity contribution >= 4 is 5.91 Å². The molecule has 1 aliphatic rings. The van der Waals surface area contributed by atoms with E-state index in [0.29, 0.717) is 24.0 Å². The average Bonchev–Trinajstić information content (AvgIpc) is 2.97. The lowest BCUT2D eigenvalue weighted by atomic mass is 9.86. The molecule has 0 saturated heterocycles. The smallest absolute Gasteiger partial charge is 0.253 e. The van der Waals surface area contributed by atoms with Gasteiger partial charge in [0.05, 0.1) is 11.3 Å². The molecule has 0 atom stereocenters. The number of rotatable bonds is 5. The summed E-state index contributed by atoms with van der Waals surface area (Å²) >= 11 is 0. The SMILES string of the molecule is Cc1noc(C)c1COc1cccc(C(=O)N(C)C2CCC(C)CC2)c1. The quantitative estimate of drug-likeness (QED) is 0.790. The van der Waals surface area contributed by atoms with Crippen molar-refractivity contribution in [3.63, 3.8) is 0 Å². The number of benzene rings is 1. The number of hydrogen-bond acceptors (Lipinski definition) is 4. The number of aromatic nitrogens is 1. The molecular weight excluding hydrogens is 328 g/mol. The van der Waals surface area contributed by atoms with Crippen LogP contribution in [0.1, 0.15) is 60.0 Å². The van der Waals surface area contributed by atoms with E-state index in [1.165, 1.54) is 12.8 Å². The van der Waals surface area contributed by atoms with Crippen molar-refractivity contribution in [1.82, 2.24) is 10.1 Å². The number of amides is 1. The van der Waals surface area contributed by atoms with Crippen LogP contribution in [0.4, 0.5) is 0 Å². The Morgan fingerprint density at radius 3 is 2.65 bits per heavy atom. The van der Waals surface area contributed by atoms with Crippen LogP contribution < -0.4 is 4.74 Å². The minimum absolute atomic E-state index is 0.0624. The second-order valence-corrected chi connectivity index (χ2v) is 7.45. The summed E-state index contributed by atoms with van der Waals surface area (Å²) in [7, 11) is 1.92. The lowest BCUT2D eigenvalue weighted by molar-refractivity contribution is 0.0679. The van der Waals surface area contributed by atoms with Gasteiger partial charge in [0.15, 0.2) is 0 Å². The Morgan fingerprint density at radius 2 is 2.00 bits per heavy atom. The maximum absolute atomic E-state index is 12.9. The van der Waals surface area contributed by atoms with Gasteiger partial charge in [0.25, 0.3) is 5.91 Å². The number of hydrogen-bond donors (Lipinski definition) is 0. The van der Waals surface area contributed by atoms with E-state index in [9.17, 15) is 4.79 Å². The van der Waals surface area contributed by atoms with E-state index in [2.05, 4.69) is 12.1 Å². The first-order chi connectivity index (χ1) is 12.5. The van der Waals surface area contributed by atoms with E-state index in [-0.39, 0.29) is 5.91 Å². The Labute approximate surface area is 155 Å². The molecule has 1 aromatic heterocycles. The Bertz CT molecular complexity index is 741. The summed E-state index contributed by atoms with van der Waals surface area (Å²) < 4.78 is 11.0. The Morgan fingerprint density at radius 1 is 1.27 bits per heavy atom. The Hall–Kier alpha value is -2.30. The molecule has 140 valence electrons. The summed E-state index contributed by atoms with van der Waals surface area (Å²) in [5, 5.41) is 3.94. The molecule has 5 heteroatoms. The first-order valence-electron chi connectivity index (χ1n) is 9.37. The van der Waals surface area contributed by atoms with Gasteiger partial charge in [-0.05, 0) is 63.6 Å². The fraction of sp³-hybridized carbons (Fsp3) is 0.524. The van der Waals surface area contributed by atoms with Crippen LogP contribution >= 0.6 is 0 Å². The molecule has 3 rings (SSSR count). The molecule has 0 aliphatic heterocycles. The van der Waals surface area contributed by atoms with Gasteiger partial charge >= 0.3 is 0 Å². The third-order valence-electron chi connectivity index (χ3n) is 5.50. The molecule has 0 bridgehead atoms. The van der Waals surface area contributed by atoms with Gasteiger partial charge in [-0.25, -0.2) is 0 Å². The molecule has 2 aromatic rings. The molecular formula is C21H28N2O3. The number of carbonyl (C=O) groups is 1. The molecule has 1 fully saturated rings. The molecule has 0 unspecified atom stereocenters. The standard InChI is InChI=1S/C21H28N2O3/c1-14-8-10-18(11-9-14)23(4)21(24)17-6-5-7-19(12-17)25-13-20-15(2)22-26-16(20)3/h5-7,12,14,18H,8-11,13H2,1-4H3. The largest absolute Gasteiger partial charge is 0.489 e. The van der Waals surface area contributed by atoms with E-state index in [1.807, 2.05) is 50.1 Å². The second kappa shape index (κ2) is 7.94. The van der Waals surface area contributed by atoms with Crippen LogP contribution in [0.3, 0.4) is 0 Å². The Balaban J connectivity index is 1.65. The van der Waals surface area contributed by atoms with Gasteiger partial charge in [-0.3, -0.25) is 4.79 Å². The molecule has 1 aromatic carbocycles. The monoisotopic (exact) mass is 356 g/mol. The molecule has 1 heterocycles. The average molecular weight is 356 g/mol. The predicted molar refractivity (Wildman–Crippen MR) is 100 cm³/mol. The fourth-order valence-electron chi connectivity index (χ4n) is 3.58. The fourth-order valence-corrected chi connectivity index (χ4v) is 3.58. The number of aryl methyl sites for hydroxylation is 2. The van der Waals surface area contributed by atoms with E-state index in [4.69, 9.17) is 9.26 Å². The van der Waals surface area contributed by atoms with E-state index >= 15 is 0 Å². The predicted octanol–water partition coefficient (Wildman–Crippen LogP) is 4.52. The van der Waals surface area contributed by atoms with Crippen LogP contribution in [0, 0.1) is 19.8 Å². The van der Waals surface area contributed by atoms with Crippen LogP contribution in [0.25, 0.3) is 0 Å². The summed E-state index contributed by atoms with van der Waals surface area (Å²) in [6, 6.07) is 7.75. The van der Waals surface area contributed by atoms with Crippen LogP contribution in [-0.2, 0) is 6.61 Å². The van der Waals surface area contributed by atoms with Crippen molar-refractivity contribution in [3.05, 3.63) is 46.8 Å². The van der Waals surface area contributed by atoms with Crippen LogP contribution in [-0.4, -0.2) is 29.1 Å². The minimum atomic E-state index is 0.0624. The molecule has 1 amide bonds. The highest BCUT2D eigenvalue weighted by Gasteiger charge is 2.25. The highest BCUT2D eigenvalue weighted by atomic mass is 16.5. The Kier molecular flexibility index (Phi) is 5.64. The first kappa shape index (κ1) is 18.5. The van der Waals surface area contributed by atoms with Crippen LogP contribution in [0.15, 0.2) is 28.8 Å². The highest BCUT2D eigenvalue weighted by Crippen LogP contribution is 2.27. The summed E-state index contributed by atoms with van der Waals surface area (Å²) in [6.07, 6.45) is 4.57. The van der Waals surface area contributed by atoms with E-state index in [1.54, 1.807) is 0 Å². The van der Waals surface area contributed by atoms with Gasteiger partial charge in [0, 0.05) is 18.7 Å². The van der Waals surface area contributed by atoms with Crippen molar-refractivity contribution in [2.75, 3.05) is 7.05 Å². The van der Waals surface area contributed by atoms with Gasteiger partial charge in [-0.1, -0.05) is 18.1 Å². The maximum Gasteiger partial charge on any atom is 0.253 e. The van der Waals surface area contributed by atoms with E-state index in [0.717, 1.165) is 35.8 Å². The van der Waals surface area contributed by atoms with Crippen molar-refractivity contribution in [1.29, 1.82) is 0 Å². The molecule has 0 spiro atoms. The summed E-state index contributed by atoms with van der Waals surface area (Å²) in [5.41, 5.74) is 2.46. The van der Waals surface area contributed by atoms with Gasteiger partial charge in [0.2, 0.25) is 0 Å². The topological polar surface area (TPSA) is 55.6 Å². The van der Waals surface area contributed by atoms with Gasteiger partial charge in [-0.15, -0.1) is 0 Å². The third kappa shape index (κ3) is 4.09. The third-order valence-corrected chi connectivity index (χ3v) is 5.50. The second-order valence-electron chi connectivity index (χ2n) is 7.45. The normalized spacial score (nSPS) is 20.0. The summed E-state index contributed by atoms with van der Waals surface area (Å²) in [6.45, 7) is 6.45. The van der Waals surface area contributed by atoms with Crippen LogP contribution in [0.2, 0.25) is 0 Å². The van der Waals surface area contributed by atoms with Crippen molar-refractivity contribution < 1.29 is 14.1 Å². The zero-order chi connectivity index (χ0) is 18.7. The molecule has 0 radical (unpaired) electrons. The minimum Gasteiger partial charge on any atom is -0.489 e. The van der Waals surface area contributed by atoms with Gasteiger partial charge < -0.3 is 14.2 Å². The first-order valence-corrected chi connectivity index (χ1v) is 9.37. The lowest BCUT2D eigenvalue weighted by Gasteiger charge is -2.33. The summed E-state index contributed by atoms with van der Waals surface area (Å²) in [4.78, 5) is 14.8.